The molecule has 3 nitrogen and oxygen atoms in total. The summed E-state index contributed by atoms with van der Waals surface area (Å²) >= 11 is 0. The SMILES string of the molecule is COc1ccccc1C(=O)NCCc1cc(F)ccc1F. The summed E-state index contributed by atoms with van der Waals surface area (Å²) in [5, 5.41) is 2.66. The van der Waals surface area contributed by atoms with E-state index in [4.69, 9.17) is 4.74 Å². The molecular formula is C16H15F2NO2. The first kappa shape index (κ1) is 15.0. The highest BCUT2D eigenvalue weighted by atomic mass is 19.1. The summed E-state index contributed by atoms with van der Waals surface area (Å²) in [6, 6.07) is 10.1. The molecule has 2 rings (SSSR count). The van der Waals surface area contributed by atoms with Crippen molar-refractivity contribution < 1.29 is 18.3 Å². The Bertz CT molecular complexity index is 644. The van der Waals surface area contributed by atoms with Gasteiger partial charge in [-0.15, -0.1) is 0 Å². The summed E-state index contributed by atoms with van der Waals surface area (Å²) in [7, 11) is 1.48. The molecule has 0 heterocycles. The van der Waals surface area contributed by atoms with Crippen LogP contribution in [0.25, 0.3) is 0 Å². The van der Waals surface area contributed by atoms with E-state index in [1.165, 1.54) is 7.11 Å². The molecule has 0 saturated carbocycles. The van der Waals surface area contributed by atoms with Gasteiger partial charge in [-0.05, 0) is 42.3 Å². The topological polar surface area (TPSA) is 38.3 Å². The highest BCUT2D eigenvalue weighted by molar-refractivity contribution is 5.96. The maximum atomic E-state index is 13.4. The Morgan fingerprint density at radius 3 is 2.71 bits per heavy atom. The van der Waals surface area contributed by atoms with E-state index in [0.717, 1.165) is 18.2 Å². The fourth-order valence-electron chi connectivity index (χ4n) is 1.97. The predicted molar refractivity (Wildman–Crippen MR) is 75.4 cm³/mol. The second-order valence-electron chi connectivity index (χ2n) is 4.44. The lowest BCUT2D eigenvalue weighted by molar-refractivity contribution is 0.0951. The van der Waals surface area contributed by atoms with Gasteiger partial charge in [0.15, 0.2) is 0 Å². The molecular weight excluding hydrogens is 276 g/mol. The number of methoxy groups -OCH3 is 1. The molecule has 2 aromatic rings. The standard InChI is InChI=1S/C16H15F2NO2/c1-21-15-5-3-2-4-13(15)16(20)19-9-8-11-10-12(17)6-7-14(11)18/h2-7,10H,8-9H2,1H3,(H,19,20). The highest BCUT2D eigenvalue weighted by Crippen LogP contribution is 2.17. The first-order chi connectivity index (χ1) is 10.1. The summed E-state index contributed by atoms with van der Waals surface area (Å²) in [6.45, 7) is 0.206. The van der Waals surface area contributed by atoms with Crippen molar-refractivity contribution >= 4 is 5.91 Å². The van der Waals surface area contributed by atoms with Crippen LogP contribution in [0.4, 0.5) is 8.78 Å². The lowest BCUT2D eigenvalue weighted by atomic mass is 10.1. The molecule has 0 aromatic heterocycles. The highest BCUT2D eigenvalue weighted by Gasteiger charge is 2.11. The van der Waals surface area contributed by atoms with Gasteiger partial charge in [0.1, 0.15) is 17.4 Å². The number of amides is 1. The summed E-state index contributed by atoms with van der Waals surface area (Å²) < 4.78 is 31.6. The molecule has 2 aromatic carbocycles. The molecule has 0 unspecified atom stereocenters. The van der Waals surface area contributed by atoms with Crippen molar-refractivity contribution in [3.05, 3.63) is 65.2 Å². The van der Waals surface area contributed by atoms with Gasteiger partial charge in [0.05, 0.1) is 12.7 Å². The van der Waals surface area contributed by atoms with Crippen molar-refractivity contribution in [2.75, 3.05) is 13.7 Å². The van der Waals surface area contributed by atoms with Crippen molar-refractivity contribution in [2.24, 2.45) is 0 Å². The van der Waals surface area contributed by atoms with Crippen molar-refractivity contribution in [2.45, 2.75) is 6.42 Å². The molecule has 0 bridgehead atoms. The summed E-state index contributed by atoms with van der Waals surface area (Å²) in [6.07, 6.45) is 0.213. The van der Waals surface area contributed by atoms with Crippen LogP contribution in [0.1, 0.15) is 15.9 Å². The Balaban J connectivity index is 1.97. The molecule has 1 N–H and O–H groups in total. The van der Waals surface area contributed by atoms with Gasteiger partial charge in [-0.2, -0.15) is 0 Å². The second kappa shape index (κ2) is 6.83. The van der Waals surface area contributed by atoms with E-state index in [0.29, 0.717) is 11.3 Å². The zero-order chi connectivity index (χ0) is 15.2. The molecule has 0 aliphatic heterocycles. The van der Waals surface area contributed by atoms with Crippen molar-refractivity contribution in [3.63, 3.8) is 0 Å². The number of hydrogen-bond acceptors (Lipinski definition) is 2. The van der Waals surface area contributed by atoms with Gasteiger partial charge in [0, 0.05) is 6.54 Å². The minimum Gasteiger partial charge on any atom is -0.496 e. The number of para-hydroxylation sites is 1. The van der Waals surface area contributed by atoms with Crippen LogP contribution in [-0.2, 0) is 6.42 Å². The minimum absolute atomic E-state index is 0.206. The number of carbonyl (C=O) groups is 1. The number of rotatable bonds is 5. The van der Waals surface area contributed by atoms with E-state index in [1.807, 2.05) is 0 Å². The normalized spacial score (nSPS) is 10.2. The number of ether oxygens (including phenoxy) is 1. The number of benzene rings is 2. The fraction of sp³-hybridized carbons (Fsp3) is 0.188. The van der Waals surface area contributed by atoms with Gasteiger partial charge in [-0.1, -0.05) is 12.1 Å². The number of halogens is 2. The van der Waals surface area contributed by atoms with Crippen molar-refractivity contribution in [1.29, 1.82) is 0 Å². The van der Waals surface area contributed by atoms with E-state index in [2.05, 4.69) is 5.32 Å². The van der Waals surface area contributed by atoms with E-state index in [-0.39, 0.29) is 24.4 Å². The Morgan fingerprint density at radius 2 is 1.95 bits per heavy atom. The van der Waals surface area contributed by atoms with Crippen LogP contribution in [0, 0.1) is 11.6 Å². The van der Waals surface area contributed by atoms with E-state index >= 15 is 0 Å². The average molecular weight is 291 g/mol. The number of nitrogens with one attached hydrogen (secondary N) is 1. The first-order valence-corrected chi connectivity index (χ1v) is 6.47. The van der Waals surface area contributed by atoms with Gasteiger partial charge in [0.2, 0.25) is 0 Å². The van der Waals surface area contributed by atoms with Crippen LogP contribution in [-0.4, -0.2) is 19.6 Å². The van der Waals surface area contributed by atoms with Gasteiger partial charge >= 0.3 is 0 Å². The van der Waals surface area contributed by atoms with Gasteiger partial charge in [-0.25, -0.2) is 8.78 Å². The monoisotopic (exact) mass is 291 g/mol. The quantitative estimate of drug-likeness (QED) is 0.920. The third-order valence-electron chi connectivity index (χ3n) is 3.04. The smallest absolute Gasteiger partial charge is 0.255 e. The fourth-order valence-corrected chi connectivity index (χ4v) is 1.97. The Kier molecular flexibility index (Phi) is 4.87. The molecule has 21 heavy (non-hydrogen) atoms. The Hall–Kier alpha value is -2.43. The van der Waals surface area contributed by atoms with Crippen molar-refractivity contribution in [3.8, 4) is 5.75 Å². The lowest BCUT2D eigenvalue weighted by Crippen LogP contribution is -2.26. The van der Waals surface area contributed by atoms with Gasteiger partial charge < -0.3 is 10.1 Å². The molecule has 0 saturated heterocycles. The molecule has 0 aliphatic rings. The molecule has 0 atom stereocenters. The maximum Gasteiger partial charge on any atom is 0.255 e. The molecule has 5 heteroatoms. The molecule has 0 radical (unpaired) electrons. The largest absolute Gasteiger partial charge is 0.496 e. The number of hydrogen-bond donors (Lipinski definition) is 1. The van der Waals surface area contributed by atoms with E-state index in [9.17, 15) is 13.6 Å². The Labute approximate surface area is 121 Å². The molecule has 0 fully saturated rings. The van der Waals surface area contributed by atoms with Crippen LogP contribution in [0.3, 0.4) is 0 Å². The summed E-state index contributed by atoms with van der Waals surface area (Å²) in [5.41, 5.74) is 0.634. The van der Waals surface area contributed by atoms with E-state index in [1.54, 1.807) is 24.3 Å². The van der Waals surface area contributed by atoms with Gasteiger partial charge in [-0.3, -0.25) is 4.79 Å². The molecule has 0 spiro atoms. The van der Waals surface area contributed by atoms with Crippen molar-refractivity contribution in [1.82, 2.24) is 5.32 Å². The second-order valence-corrected chi connectivity index (χ2v) is 4.44. The molecule has 0 aliphatic carbocycles. The molecule has 110 valence electrons. The third kappa shape index (κ3) is 3.78. The van der Waals surface area contributed by atoms with Crippen LogP contribution in [0.5, 0.6) is 5.75 Å². The minimum atomic E-state index is -0.498. The Morgan fingerprint density at radius 1 is 1.19 bits per heavy atom. The number of carbonyl (C=O) groups excluding carboxylic acids is 1. The first-order valence-electron chi connectivity index (χ1n) is 6.47. The lowest BCUT2D eigenvalue weighted by Gasteiger charge is -2.09. The average Bonchev–Trinajstić information content (AvgIpc) is 2.50. The van der Waals surface area contributed by atoms with E-state index < -0.39 is 11.6 Å². The van der Waals surface area contributed by atoms with Gasteiger partial charge in [0.25, 0.3) is 5.91 Å². The van der Waals surface area contributed by atoms with Crippen LogP contribution in [0.15, 0.2) is 42.5 Å². The predicted octanol–water partition coefficient (Wildman–Crippen LogP) is 2.95. The summed E-state index contributed by atoms with van der Waals surface area (Å²) in [5.74, 6) is -0.832. The molecule has 1 amide bonds. The van der Waals surface area contributed by atoms with Crippen LogP contribution in [0.2, 0.25) is 0 Å². The maximum absolute atomic E-state index is 13.4. The summed E-state index contributed by atoms with van der Waals surface area (Å²) in [4.78, 5) is 12.0. The van der Waals surface area contributed by atoms with Crippen LogP contribution < -0.4 is 10.1 Å². The third-order valence-corrected chi connectivity index (χ3v) is 3.04. The zero-order valence-electron chi connectivity index (χ0n) is 11.5. The van der Waals surface area contributed by atoms with Crippen LogP contribution >= 0.6 is 0 Å². The zero-order valence-corrected chi connectivity index (χ0v) is 11.5.